The van der Waals surface area contributed by atoms with E-state index in [1.165, 1.54) is 31.9 Å². The number of nitrogens with one attached hydrogen (secondary N) is 1. The zero-order valence-corrected chi connectivity index (χ0v) is 15.9. The van der Waals surface area contributed by atoms with Crippen LogP contribution in [0.1, 0.15) is 44.1 Å². The maximum absolute atomic E-state index is 12.1. The lowest BCUT2D eigenvalue weighted by Crippen LogP contribution is -2.39. The average Bonchev–Trinajstić information content (AvgIpc) is 2.80. The molecular formula is C16H25F2IN4O. The van der Waals surface area contributed by atoms with Gasteiger partial charge in [0.15, 0.2) is 12.6 Å². The molecule has 1 aliphatic rings. The Morgan fingerprint density at radius 1 is 1.33 bits per heavy atom. The Labute approximate surface area is 158 Å². The molecule has 0 spiro atoms. The van der Waals surface area contributed by atoms with E-state index in [0.29, 0.717) is 18.5 Å². The van der Waals surface area contributed by atoms with Gasteiger partial charge in [-0.25, -0.2) is 18.8 Å². The summed E-state index contributed by atoms with van der Waals surface area (Å²) in [5, 5.41) is 3.27. The Balaban J connectivity index is 0.00000288. The second-order valence-corrected chi connectivity index (χ2v) is 5.74. The molecule has 0 aromatic carbocycles. The zero-order chi connectivity index (χ0) is 16.5. The lowest BCUT2D eigenvalue weighted by molar-refractivity contribution is 0.0795. The summed E-state index contributed by atoms with van der Waals surface area (Å²) in [5.74, 6) is 0.594. The van der Waals surface area contributed by atoms with E-state index in [-0.39, 0.29) is 29.9 Å². The van der Waals surface area contributed by atoms with Gasteiger partial charge in [-0.1, -0.05) is 25.7 Å². The average molecular weight is 454 g/mol. The first-order valence-electron chi connectivity index (χ1n) is 8.06. The van der Waals surface area contributed by atoms with Gasteiger partial charge in [0, 0.05) is 18.3 Å². The van der Waals surface area contributed by atoms with Crippen LogP contribution in [-0.4, -0.2) is 30.0 Å². The van der Waals surface area contributed by atoms with Crippen molar-refractivity contribution in [3.8, 4) is 5.88 Å². The summed E-state index contributed by atoms with van der Waals surface area (Å²) in [6.07, 6.45) is 6.26. The van der Waals surface area contributed by atoms with Gasteiger partial charge in [0.25, 0.3) is 6.43 Å². The van der Waals surface area contributed by atoms with Gasteiger partial charge in [0.1, 0.15) is 0 Å². The van der Waals surface area contributed by atoms with E-state index in [1.807, 2.05) is 0 Å². The molecule has 5 nitrogen and oxygen atoms in total. The Morgan fingerprint density at radius 3 is 2.71 bits per heavy atom. The van der Waals surface area contributed by atoms with Crippen molar-refractivity contribution in [3.05, 3.63) is 23.9 Å². The molecule has 0 unspecified atom stereocenters. The normalized spacial score (nSPS) is 16.4. The highest BCUT2D eigenvalue weighted by molar-refractivity contribution is 14.0. The number of rotatable bonds is 6. The second kappa shape index (κ2) is 11.4. The van der Waals surface area contributed by atoms with E-state index in [4.69, 9.17) is 10.5 Å². The first-order valence-corrected chi connectivity index (χ1v) is 8.06. The summed E-state index contributed by atoms with van der Waals surface area (Å²) in [4.78, 5) is 8.20. The van der Waals surface area contributed by atoms with Crippen LogP contribution in [0, 0.1) is 0 Å². The van der Waals surface area contributed by atoms with Gasteiger partial charge >= 0.3 is 0 Å². The Bertz CT molecular complexity index is 509. The van der Waals surface area contributed by atoms with Crippen molar-refractivity contribution in [2.75, 3.05) is 6.61 Å². The number of nitrogens with zero attached hydrogens (tertiary/aromatic N) is 2. The molecule has 0 saturated heterocycles. The number of alkyl halides is 2. The maximum Gasteiger partial charge on any atom is 0.272 e. The number of pyridine rings is 1. The van der Waals surface area contributed by atoms with Gasteiger partial charge in [-0.15, -0.1) is 24.0 Å². The molecule has 1 fully saturated rings. The summed E-state index contributed by atoms with van der Waals surface area (Å²) in [6, 6.07) is 3.76. The molecule has 8 heteroatoms. The topological polar surface area (TPSA) is 72.5 Å². The van der Waals surface area contributed by atoms with Crippen LogP contribution >= 0.6 is 24.0 Å². The highest BCUT2D eigenvalue weighted by Crippen LogP contribution is 2.17. The molecule has 0 atom stereocenters. The number of nitrogens with two attached hydrogens (primary N) is 1. The fraction of sp³-hybridized carbons (Fsp3) is 0.625. The molecule has 24 heavy (non-hydrogen) atoms. The highest BCUT2D eigenvalue weighted by Gasteiger charge is 2.12. The van der Waals surface area contributed by atoms with E-state index >= 15 is 0 Å². The van der Waals surface area contributed by atoms with Crippen molar-refractivity contribution >= 4 is 29.9 Å². The third-order valence-electron chi connectivity index (χ3n) is 3.80. The number of guanidine groups is 1. The number of hydrogen-bond donors (Lipinski definition) is 2. The number of hydrogen-bond acceptors (Lipinski definition) is 3. The van der Waals surface area contributed by atoms with Crippen molar-refractivity contribution in [2.24, 2.45) is 10.7 Å². The van der Waals surface area contributed by atoms with Crippen LogP contribution in [0.4, 0.5) is 8.78 Å². The molecule has 0 radical (unpaired) electrons. The second-order valence-electron chi connectivity index (χ2n) is 5.74. The number of ether oxygens (including phenoxy) is 1. The Hall–Kier alpha value is -1.19. The zero-order valence-electron chi connectivity index (χ0n) is 13.6. The minimum atomic E-state index is -2.52. The van der Waals surface area contributed by atoms with Crippen molar-refractivity contribution in [1.29, 1.82) is 0 Å². The quantitative estimate of drug-likeness (QED) is 0.299. The van der Waals surface area contributed by atoms with Gasteiger partial charge in [-0.3, -0.25) is 0 Å². The Kier molecular flexibility index (Phi) is 9.89. The molecule has 1 saturated carbocycles. The summed E-state index contributed by atoms with van der Waals surface area (Å²) >= 11 is 0. The van der Waals surface area contributed by atoms with Crippen LogP contribution in [0.5, 0.6) is 5.88 Å². The molecule has 1 aromatic rings. The molecule has 3 N–H and O–H groups in total. The SMILES string of the molecule is I.NC(=NCc1ccnc(OCC(F)F)c1)NC1CCCCCC1. The molecule has 1 aromatic heterocycles. The van der Waals surface area contributed by atoms with E-state index in [9.17, 15) is 8.78 Å². The predicted molar refractivity (Wildman–Crippen MR) is 101 cm³/mol. The van der Waals surface area contributed by atoms with Crippen molar-refractivity contribution in [1.82, 2.24) is 10.3 Å². The van der Waals surface area contributed by atoms with E-state index < -0.39 is 13.0 Å². The van der Waals surface area contributed by atoms with Gasteiger partial charge in [-0.2, -0.15) is 0 Å². The first-order chi connectivity index (χ1) is 11.1. The molecule has 0 amide bonds. The smallest absolute Gasteiger partial charge is 0.272 e. The molecule has 1 aliphatic carbocycles. The van der Waals surface area contributed by atoms with Crippen LogP contribution in [-0.2, 0) is 6.54 Å². The minimum Gasteiger partial charge on any atom is -0.472 e. The third kappa shape index (κ3) is 8.07. The summed E-state index contributed by atoms with van der Waals surface area (Å²) < 4.78 is 29.1. The predicted octanol–water partition coefficient (Wildman–Crippen LogP) is 3.47. The monoisotopic (exact) mass is 454 g/mol. The van der Waals surface area contributed by atoms with Gasteiger partial charge in [0.2, 0.25) is 5.88 Å². The van der Waals surface area contributed by atoms with Crippen LogP contribution in [0.15, 0.2) is 23.3 Å². The van der Waals surface area contributed by atoms with Crippen LogP contribution < -0.4 is 15.8 Å². The van der Waals surface area contributed by atoms with Gasteiger partial charge < -0.3 is 15.8 Å². The summed E-state index contributed by atoms with van der Waals surface area (Å²) in [5.41, 5.74) is 6.75. The third-order valence-corrected chi connectivity index (χ3v) is 3.80. The number of halogens is 3. The standard InChI is InChI=1S/C16H24F2N4O.HI/c17-14(18)11-23-15-9-12(7-8-20-15)10-21-16(19)22-13-5-3-1-2-4-6-13;/h7-9,13-14H,1-6,10-11H2,(H3,19,21,22);1H. The van der Waals surface area contributed by atoms with Crippen LogP contribution in [0.2, 0.25) is 0 Å². The first kappa shape index (κ1) is 20.9. The fourth-order valence-corrected chi connectivity index (χ4v) is 2.63. The van der Waals surface area contributed by atoms with E-state index in [2.05, 4.69) is 15.3 Å². The summed E-state index contributed by atoms with van der Waals surface area (Å²) in [6.45, 7) is -0.301. The van der Waals surface area contributed by atoms with Crippen molar-refractivity contribution in [2.45, 2.75) is 57.5 Å². The fourth-order valence-electron chi connectivity index (χ4n) is 2.63. The molecule has 0 aliphatic heterocycles. The van der Waals surface area contributed by atoms with Crippen molar-refractivity contribution < 1.29 is 13.5 Å². The van der Waals surface area contributed by atoms with Crippen LogP contribution in [0.3, 0.4) is 0 Å². The molecule has 136 valence electrons. The van der Waals surface area contributed by atoms with Crippen molar-refractivity contribution in [3.63, 3.8) is 0 Å². The minimum absolute atomic E-state index is 0. The van der Waals surface area contributed by atoms with Crippen LogP contribution in [0.25, 0.3) is 0 Å². The highest BCUT2D eigenvalue weighted by atomic mass is 127. The lowest BCUT2D eigenvalue weighted by atomic mass is 10.1. The maximum atomic E-state index is 12.1. The largest absolute Gasteiger partial charge is 0.472 e. The molecule has 0 bridgehead atoms. The molecular weight excluding hydrogens is 429 g/mol. The van der Waals surface area contributed by atoms with Gasteiger partial charge in [-0.05, 0) is 24.5 Å². The number of aliphatic imine (C=N–C) groups is 1. The Morgan fingerprint density at radius 2 is 2.04 bits per heavy atom. The molecule has 1 heterocycles. The van der Waals surface area contributed by atoms with E-state index in [0.717, 1.165) is 18.4 Å². The summed E-state index contributed by atoms with van der Waals surface area (Å²) in [7, 11) is 0. The van der Waals surface area contributed by atoms with Gasteiger partial charge in [0.05, 0.1) is 6.54 Å². The molecule has 2 rings (SSSR count). The lowest BCUT2D eigenvalue weighted by Gasteiger charge is -2.16. The number of aromatic nitrogens is 1. The van der Waals surface area contributed by atoms with E-state index in [1.54, 1.807) is 12.1 Å².